The molecule has 1 saturated heterocycles. The quantitative estimate of drug-likeness (QED) is 0.877. The van der Waals surface area contributed by atoms with Crippen molar-refractivity contribution in [2.75, 3.05) is 13.1 Å². The SMILES string of the molecule is CC(C)C1CN(C(C(=O)O)c2cccs2)C1. The first-order valence-electron chi connectivity index (χ1n) is 5.60. The van der Waals surface area contributed by atoms with E-state index in [0.29, 0.717) is 11.8 Å². The van der Waals surface area contributed by atoms with Gasteiger partial charge in [0.2, 0.25) is 0 Å². The largest absolute Gasteiger partial charge is 0.480 e. The first kappa shape index (κ1) is 11.6. The number of hydrogen-bond donors (Lipinski definition) is 1. The van der Waals surface area contributed by atoms with Crippen molar-refractivity contribution in [2.24, 2.45) is 11.8 Å². The maximum Gasteiger partial charge on any atom is 0.326 e. The summed E-state index contributed by atoms with van der Waals surface area (Å²) in [5.74, 6) is 0.570. The number of carboxylic acid groups (broad SMARTS) is 1. The van der Waals surface area contributed by atoms with Crippen LogP contribution in [0.1, 0.15) is 24.8 Å². The van der Waals surface area contributed by atoms with Gasteiger partial charge in [-0.05, 0) is 23.3 Å². The van der Waals surface area contributed by atoms with Crippen molar-refractivity contribution in [3.05, 3.63) is 22.4 Å². The molecule has 1 aromatic heterocycles. The third-order valence-corrected chi connectivity index (χ3v) is 4.22. The Hall–Kier alpha value is -0.870. The molecule has 0 aromatic carbocycles. The van der Waals surface area contributed by atoms with Crippen LogP contribution >= 0.6 is 11.3 Å². The van der Waals surface area contributed by atoms with Gasteiger partial charge in [-0.25, -0.2) is 0 Å². The second-order valence-electron chi connectivity index (χ2n) is 4.71. The molecule has 1 aliphatic rings. The van der Waals surface area contributed by atoms with Crippen LogP contribution in [-0.4, -0.2) is 29.1 Å². The summed E-state index contributed by atoms with van der Waals surface area (Å²) < 4.78 is 0. The van der Waals surface area contributed by atoms with Crippen LogP contribution in [0.2, 0.25) is 0 Å². The van der Waals surface area contributed by atoms with Crippen molar-refractivity contribution < 1.29 is 9.90 Å². The molecule has 1 N–H and O–H groups in total. The lowest BCUT2D eigenvalue weighted by Crippen LogP contribution is -2.52. The Labute approximate surface area is 99.7 Å². The standard InChI is InChI=1S/C12H17NO2S/c1-8(2)9-6-13(7-9)11(12(14)15)10-4-3-5-16-10/h3-5,8-9,11H,6-7H2,1-2H3,(H,14,15). The highest BCUT2D eigenvalue weighted by Gasteiger charge is 2.38. The minimum Gasteiger partial charge on any atom is -0.480 e. The summed E-state index contributed by atoms with van der Waals surface area (Å²) >= 11 is 1.52. The van der Waals surface area contributed by atoms with Gasteiger partial charge >= 0.3 is 5.97 Å². The van der Waals surface area contributed by atoms with Crippen molar-refractivity contribution >= 4 is 17.3 Å². The normalized spacial score (nSPS) is 19.7. The van der Waals surface area contributed by atoms with Crippen molar-refractivity contribution in [1.82, 2.24) is 4.90 Å². The van der Waals surface area contributed by atoms with E-state index in [1.54, 1.807) is 0 Å². The average Bonchev–Trinajstić information content (AvgIpc) is 2.60. The zero-order valence-corrected chi connectivity index (χ0v) is 10.4. The number of rotatable bonds is 4. The molecular weight excluding hydrogens is 222 g/mol. The van der Waals surface area contributed by atoms with Crippen LogP contribution in [0, 0.1) is 11.8 Å². The fourth-order valence-corrected chi connectivity index (χ4v) is 2.94. The second-order valence-corrected chi connectivity index (χ2v) is 5.69. The Kier molecular flexibility index (Phi) is 3.30. The van der Waals surface area contributed by atoms with E-state index < -0.39 is 12.0 Å². The third kappa shape index (κ3) is 2.13. The zero-order valence-electron chi connectivity index (χ0n) is 9.59. The Morgan fingerprint density at radius 1 is 1.56 bits per heavy atom. The van der Waals surface area contributed by atoms with Crippen LogP contribution < -0.4 is 0 Å². The molecule has 0 aliphatic carbocycles. The second kappa shape index (κ2) is 4.55. The van der Waals surface area contributed by atoms with Crippen LogP contribution in [0.5, 0.6) is 0 Å². The topological polar surface area (TPSA) is 40.5 Å². The summed E-state index contributed by atoms with van der Waals surface area (Å²) in [6.07, 6.45) is 0. The summed E-state index contributed by atoms with van der Waals surface area (Å²) in [4.78, 5) is 14.3. The number of likely N-dealkylation sites (tertiary alicyclic amines) is 1. The molecule has 88 valence electrons. The number of aliphatic carboxylic acids is 1. The number of hydrogen-bond acceptors (Lipinski definition) is 3. The molecule has 0 bridgehead atoms. The monoisotopic (exact) mass is 239 g/mol. The Morgan fingerprint density at radius 3 is 2.69 bits per heavy atom. The molecular formula is C12H17NO2S. The Morgan fingerprint density at radius 2 is 2.25 bits per heavy atom. The van der Waals surface area contributed by atoms with Gasteiger partial charge < -0.3 is 5.11 Å². The zero-order chi connectivity index (χ0) is 11.7. The molecule has 16 heavy (non-hydrogen) atoms. The number of nitrogens with zero attached hydrogens (tertiary/aromatic N) is 1. The van der Waals surface area contributed by atoms with E-state index >= 15 is 0 Å². The highest BCUT2D eigenvalue weighted by atomic mass is 32.1. The molecule has 0 saturated carbocycles. The van der Waals surface area contributed by atoms with Gasteiger partial charge in [0.25, 0.3) is 0 Å². The van der Waals surface area contributed by atoms with E-state index in [1.807, 2.05) is 17.5 Å². The number of carboxylic acids is 1. The van der Waals surface area contributed by atoms with Crippen LogP contribution in [0.15, 0.2) is 17.5 Å². The minimum absolute atomic E-state index is 0.435. The first-order chi connectivity index (χ1) is 7.59. The predicted octanol–water partition coefficient (Wildman–Crippen LogP) is 2.46. The van der Waals surface area contributed by atoms with Gasteiger partial charge in [-0.2, -0.15) is 0 Å². The first-order valence-corrected chi connectivity index (χ1v) is 6.48. The molecule has 3 nitrogen and oxygen atoms in total. The smallest absolute Gasteiger partial charge is 0.326 e. The summed E-state index contributed by atoms with van der Waals surface area (Å²) in [7, 11) is 0. The average molecular weight is 239 g/mol. The van der Waals surface area contributed by atoms with Crippen LogP contribution in [0.25, 0.3) is 0 Å². The number of thiophene rings is 1. The Bertz CT molecular complexity index is 355. The fraction of sp³-hybridized carbons (Fsp3) is 0.583. The molecule has 1 aliphatic heterocycles. The molecule has 2 heterocycles. The molecule has 1 fully saturated rings. The van der Waals surface area contributed by atoms with Crippen molar-refractivity contribution in [3.63, 3.8) is 0 Å². The van der Waals surface area contributed by atoms with Gasteiger partial charge in [0.15, 0.2) is 0 Å². The third-order valence-electron chi connectivity index (χ3n) is 3.29. The molecule has 1 unspecified atom stereocenters. The summed E-state index contributed by atoms with van der Waals surface area (Å²) in [6, 6.07) is 3.39. The molecule has 0 radical (unpaired) electrons. The van der Waals surface area contributed by atoms with E-state index in [9.17, 15) is 9.90 Å². The maximum atomic E-state index is 11.3. The minimum atomic E-state index is -0.732. The van der Waals surface area contributed by atoms with Gasteiger partial charge in [0.1, 0.15) is 6.04 Å². The van der Waals surface area contributed by atoms with E-state index in [4.69, 9.17) is 0 Å². The highest BCUT2D eigenvalue weighted by molar-refractivity contribution is 7.10. The lowest BCUT2D eigenvalue weighted by atomic mass is 9.87. The van der Waals surface area contributed by atoms with Crippen molar-refractivity contribution in [3.8, 4) is 0 Å². The summed E-state index contributed by atoms with van der Waals surface area (Å²) in [5, 5.41) is 11.2. The maximum absolute atomic E-state index is 11.3. The fourth-order valence-electron chi connectivity index (χ4n) is 2.09. The van der Waals surface area contributed by atoms with Gasteiger partial charge in [-0.3, -0.25) is 9.69 Å². The van der Waals surface area contributed by atoms with Crippen LogP contribution in [0.3, 0.4) is 0 Å². The van der Waals surface area contributed by atoms with Crippen molar-refractivity contribution in [2.45, 2.75) is 19.9 Å². The van der Waals surface area contributed by atoms with E-state index in [0.717, 1.165) is 18.0 Å². The van der Waals surface area contributed by atoms with E-state index in [1.165, 1.54) is 11.3 Å². The Balaban J connectivity index is 2.04. The molecule has 0 amide bonds. The summed E-state index contributed by atoms with van der Waals surface area (Å²) in [5.41, 5.74) is 0. The van der Waals surface area contributed by atoms with Gasteiger partial charge in [0, 0.05) is 18.0 Å². The van der Waals surface area contributed by atoms with Crippen LogP contribution in [0.4, 0.5) is 0 Å². The lowest BCUT2D eigenvalue weighted by molar-refractivity contribution is -0.147. The summed E-state index contributed by atoms with van der Waals surface area (Å²) in [6.45, 7) is 6.21. The van der Waals surface area contributed by atoms with Gasteiger partial charge in [-0.1, -0.05) is 19.9 Å². The number of carbonyl (C=O) groups is 1. The van der Waals surface area contributed by atoms with E-state index in [-0.39, 0.29) is 0 Å². The van der Waals surface area contributed by atoms with Crippen LogP contribution in [-0.2, 0) is 4.79 Å². The highest BCUT2D eigenvalue weighted by Crippen LogP contribution is 2.34. The van der Waals surface area contributed by atoms with E-state index in [2.05, 4.69) is 18.7 Å². The van der Waals surface area contributed by atoms with Gasteiger partial charge in [0.05, 0.1) is 0 Å². The van der Waals surface area contributed by atoms with Crippen molar-refractivity contribution in [1.29, 1.82) is 0 Å². The lowest BCUT2D eigenvalue weighted by Gasteiger charge is -2.44. The molecule has 4 heteroatoms. The molecule has 1 atom stereocenters. The van der Waals surface area contributed by atoms with Gasteiger partial charge in [-0.15, -0.1) is 11.3 Å². The molecule has 2 rings (SSSR count). The molecule has 0 spiro atoms. The molecule has 1 aromatic rings. The predicted molar refractivity (Wildman–Crippen MR) is 64.6 cm³/mol.